The minimum Gasteiger partial charge on any atom is -0.370 e. The number of aromatic nitrogens is 6. The highest BCUT2D eigenvalue weighted by Gasteiger charge is 2.27. The molecule has 0 unspecified atom stereocenters. The van der Waals surface area contributed by atoms with Crippen LogP contribution in [0.2, 0.25) is 0 Å². The van der Waals surface area contributed by atoms with E-state index < -0.39 is 12.8 Å². The molecular weight excluding hydrogens is 507 g/mol. The summed E-state index contributed by atoms with van der Waals surface area (Å²) in [7, 11) is 0. The normalized spacial score (nSPS) is 11.8. The topological polar surface area (TPSA) is 99.2 Å². The average molecular weight is 524 g/mol. The molecule has 0 aliphatic carbocycles. The van der Waals surface area contributed by atoms with Gasteiger partial charge in [0, 0.05) is 21.9 Å². The number of anilines is 1. The molecule has 0 fully saturated rings. The number of rotatable bonds is 7. The lowest BCUT2D eigenvalue weighted by atomic mass is 10.1. The zero-order valence-electron chi connectivity index (χ0n) is 17.2. The first kappa shape index (κ1) is 22.9. The van der Waals surface area contributed by atoms with Gasteiger partial charge in [-0.3, -0.25) is 4.79 Å². The number of benzene rings is 1. The summed E-state index contributed by atoms with van der Waals surface area (Å²) in [5, 5.41) is 19.0. The van der Waals surface area contributed by atoms with Crippen LogP contribution in [0.25, 0.3) is 16.9 Å². The van der Waals surface area contributed by atoms with Crippen molar-refractivity contribution in [2.45, 2.75) is 19.6 Å². The van der Waals surface area contributed by atoms with Crippen LogP contribution < -0.4 is 5.32 Å². The predicted molar refractivity (Wildman–Crippen MR) is 116 cm³/mol. The number of nitrogens with one attached hydrogen (secondary N) is 1. The molecule has 0 saturated heterocycles. The van der Waals surface area contributed by atoms with E-state index in [1.54, 1.807) is 35.0 Å². The Morgan fingerprint density at radius 2 is 2.06 bits per heavy atom. The van der Waals surface area contributed by atoms with E-state index in [-0.39, 0.29) is 24.9 Å². The van der Waals surface area contributed by atoms with E-state index in [4.69, 9.17) is 0 Å². The van der Waals surface area contributed by atoms with Crippen molar-refractivity contribution in [3.63, 3.8) is 0 Å². The molecule has 3 heterocycles. The molecule has 9 nitrogen and oxygen atoms in total. The second kappa shape index (κ2) is 9.27. The highest BCUT2D eigenvalue weighted by molar-refractivity contribution is 9.10. The number of hydrogen-bond donors (Lipinski definition) is 1. The fraction of sp³-hybridized carbons (Fsp3) is 0.250. The van der Waals surface area contributed by atoms with Crippen molar-refractivity contribution in [3.05, 3.63) is 58.3 Å². The molecule has 1 N–H and O–H groups in total. The zero-order chi connectivity index (χ0) is 23.6. The summed E-state index contributed by atoms with van der Waals surface area (Å²) in [5.41, 5.74) is 3.01. The Bertz CT molecular complexity index is 1300. The largest absolute Gasteiger partial charge is 0.411 e. The van der Waals surface area contributed by atoms with Gasteiger partial charge in [-0.1, -0.05) is 28.1 Å². The summed E-state index contributed by atoms with van der Waals surface area (Å²) in [5.74, 6) is -0.0667. The Hall–Kier alpha value is -3.32. The van der Waals surface area contributed by atoms with Crippen LogP contribution in [0.4, 0.5) is 18.9 Å². The van der Waals surface area contributed by atoms with Gasteiger partial charge < -0.3 is 10.1 Å². The fourth-order valence-electron chi connectivity index (χ4n) is 3.00. The second-order valence-electron chi connectivity index (χ2n) is 7.09. The highest BCUT2D eigenvalue weighted by Crippen LogP contribution is 2.24. The molecule has 33 heavy (non-hydrogen) atoms. The summed E-state index contributed by atoms with van der Waals surface area (Å²) in [6.07, 6.45) is -1.15. The first-order valence-electron chi connectivity index (χ1n) is 9.67. The van der Waals surface area contributed by atoms with Crippen molar-refractivity contribution in [2.75, 3.05) is 18.5 Å². The SMILES string of the molecule is Cc1ccc(-c2nnn(CCOCC(F)(F)F)n2)cc1NC(=O)c1cnn2ccc(Br)cc12. The lowest BCUT2D eigenvalue weighted by Crippen LogP contribution is -2.19. The van der Waals surface area contributed by atoms with Gasteiger partial charge in [0.1, 0.15) is 6.61 Å². The third-order valence-electron chi connectivity index (χ3n) is 4.63. The maximum absolute atomic E-state index is 12.9. The molecule has 0 bridgehead atoms. The standard InChI is InChI=1S/C20H17BrF3N7O2/c1-12-2-3-13(18-27-29-31(28-18)6-7-33-11-20(22,23)24)8-16(12)26-19(32)15-10-25-30-5-4-14(21)9-17(15)30/h2-5,8-10H,6-7,11H2,1H3,(H,26,32). The van der Waals surface area contributed by atoms with E-state index in [9.17, 15) is 18.0 Å². The van der Waals surface area contributed by atoms with E-state index in [2.05, 4.69) is 46.5 Å². The maximum Gasteiger partial charge on any atom is 0.411 e. The van der Waals surface area contributed by atoms with Crippen molar-refractivity contribution < 1.29 is 22.7 Å². The van der Waals surface area contributed by atoms with Crippen LogP contribution in [0.5, 0.6) is 0 Å². The number of carbonyl (C=O) groups excluding carboxylic acids is 1. The molecule has 4 aromatic rings. The van der Waals surface area contributed by atoms with Gasteiger partial charge in [-0.15, -0.1) is 10.2 Å². The Morgan fingerprint density at radius 1 is 1.24 bits per heavy atom. The lowest BCUT2D eigenvalue weighted by molar-refractivity contribution is -0.174. The lowest BCUT2D eigenvalue weighted by Gasteiger charge is -2.09. The molecule has 3 aromatic heterocycles. The maximum atomic E-state index is 12.9. The minimum atomic E-state index is -4.39. The van der Waals surface area contributed by atoms with Gasteiger partial charge in [0.2, 0.25) is 5.82 Å². The summed E-state index contributed by atoms with van der Waals surface area (Å²) >= 11 is 3.39. The van der Waals surface area contributed by atoms with Gasteiger partial charge in [-0.25, -0.2) is 4.52 Å². The molecule has 0 spiro atoms. The van der Waals surface area contributed by atoms with Crippen LogP contribution in [-0.4, -0.2) is 55.1 Å². The Morgan fingerprint density at radius 3 is 2.85 bits per heavy atom. The van der Waals surface area contributed by atoms with Crippen molar-refractivity contribution in [2.24, 2.45) is 0 Å². The van der Waals surface area contributed by atoms with Crippen molar-refractivity contribution in [1.82, 2.24) is 29.8 Å². The Labute approximate surface area is 193 Å². The number of tetrazole rings is 1. The first-order chi connectivity index (χ1) is 15.7. The number of ether oxygens (including phenoxy) is 1. The number of fused-ring (bicyclic) bond motifs is 1. The third-order valence-corrected chi connectivity index (χ3v) is 5.12. The van der Waals surface area contributed by atoms with Crippen LogP contribution in [0, 0.1) is 6.92 Å². The number of halogens is 4. The average Bonchev–Trinajstić information content (AvgIpc) is 3.39. The molecule has 13 heteroatoms. The Kier molecular flexibility index (Phi) is 6.42. The molecule has 0 aliphatic heterocycles. The number of carbonyl (C=O) groups is 1. The highest BCUT2D eigenvalue weighted by atomic mass is 79.9. The summed E-state index contributed by atoms with van der Waals surface area (Å²) in [6.45, 7) is 0.316. The smallest absolute Gasteiger partial charge is 0.370 e. The third kappa shape index (κ3) is 5.54. The van der Waals surface area contributed by atoms with Crippen LogP contribution in [0.1, 0.15) is 15.9 Å². The van der Waals surface area contributed by atoms with E-state index in [1.807, 2.05) is 13.0 Å². The van der Waals surface area contributed by atoms with Gasteiger partial charge in [-0.05, 0) is 35.9 Å². The first-order valence-corrected chi connectivity index (χ1v) is 10.5. The second-order valence-corrected chi connectivity index (χ2v) is 8.01. The summed E-state index contributed by atoms with van der Waals surface area (Å²) in [6, 6.07) is 8.88. The van der Waals surface area contributed by atoms with Crippen molar-refractivity contribution in [3.8, 4) is 11.4 Å². The van der Waals surface area contributed by atoms with Gasteiger partial charge in [-0.2, -0.15) is 23.1 Å². The molecule has 0 atom stereocenters. The van der Waals surface area contributed by atoms with Gasteiger partial charge in [0.15, 0.2) is 0 Å². The van der Waals surface area contributed by atoms with E-state index >= 15 is 0 Å². The fourth-order valence-corrected chi connectivity index (χ4v) is 3.34. The molecule has 1 amide bonds. The van der Waals surface area contributed by atoms with Crippen LogP contribution in [0.15, 0.2) is 47.2 Å². The molecule has 4 rings (SSSR count). The molecule has 0 radical (unpaired) electrons. The summed E-state index contributed by atoms with van der Waals surface area (Å²) in [4.78, 5) is 14.1. The van der Waals surface area contributed by atoms with E-state index in [0.717, 1.165) is 14.8 Å². The number of amides is 1. The quantitative estimate of drug-likeness (QED) is 0.369. The molecule has 1 aromatic carbocycles. The molecule has 0 saturated carbocycles. The zero-order valence-corrected chi connectivity index (χ0v) is 18.8. The van der Waals surface area contributed by atoms with Crippen LogP contribution in [-0.2, 0) is 11.3 Å². The van der Waals surface area contributed by atoms with Crippen molar-refractivity contribution >= 4 is 33.0 Å². The molecule has 172 valence electrons. The molecular formula is C20H17BrF3N7O2. The minimum absolute atomic E-state index is 0.0167. The number of pyridine rings is 1. The van der Waals surface area contributed by atoms with Crippen molar-refractivity contribution in [1.29, 1.82) is 0 Å². The van der Waals surface area contributed by atoms with E-state index in [0.29, 0.717) is 22.3 Å². The van der Waals surface area contributed by atoms with Crippen LogP contribution >= 0.6 is 15.9 Å². The number of aryl methyl sites for hydroxylation is 1. The molecule has 0 aliphatic rings. The number of hydrogen-bond acceptors (Lipinski definition) is 6. The predicted octanol–water partition coefficient (Wildman–Crippen LogP) is 3.89. The van der Waals surface area contributed by atoms with Gasteiger partial charge in [0.05, 0.1) is 30.4 Å². The summed E-state index contributed by atoms with van der Waals surface area (Å²) < 4.78 is 43.4. The van der Waals surface area contributed by atoms with Crippen LogP contribution in [0.3, 0.4) is 0 Å². The number of nitrogens with zero attached hydrogens (tertiary/aromatic N) is 6. The van der Waals surface area contributed by atoms with E-state index in [1.165, 1.54) is 6.20 Å². The number of alkyl halides is 3. The Balaban J connectivity index is 1.47. The van der Waals surface area contributed by atoms with Gasteiger partial charge >= 0.3 is 6.18 Å². The van der Waals surface area contributed by atoms with Gasteiger partial charge in [0.25, 0.3) is 5.91 Å². The monoisotopic (exact) mass is 523 g/mol.